The minimum atomic E-state index is -2.97. The van der Waals surface area contributed by atoms with Crippen molar-refractivity contribution in [3.63, 3.8) is 0 Å². The Bertz CT molecular complexity index is 1330. The van der Waals surface area contributed by atoms with Crippen LogP contribution in [0.4, 0.5) is 24.7 Å². The molecule has 0 aliphatic heterocycles. The Morgan fingerprint density at radius 2 is 1.94 bits per heavy atom. The van der Waals surface area contributed by atoms with Gasteiger partial charge in [0.15, 0.2) is 11.6 Å². The lowest BCUT2D eigenvalue weighted by Crippen LogP contribution is -2.15. The molecule has 4 rings (SSSR count). The number of carbonyl (C=O) groups excluding carboxylic acids is 1. The third kappa shape index (κ3) is 4.81. The molecule has 11 heteroatoms. The summed E-state index contributed by atoms with van der Waals surface area (Å²) in [7, 11) is 0. The van der Waals surface area contributed by atoms with E-state index in [0.29, 0.717) is 11.3 Å². The number of carbonyl (C=O) groups is 1. The van der Waals surface area contributed by atoms with Gasteiger partial charge in [0.05, 0.1) is 22.5 Å². The maximum atomic E-state index is 14.5. The van der Waals surface area contributed by atoms with Crippen molar-refractivity contribution in [3.8, 4) is 11.4 Å². The minimum Gasteiger partial charge on any atom is -0.486 e. The van der Waals surface area contributed by atoms with Crippen LogP contribution in [0.5, 0.6) is 5.75 Å². The molecule has 2 heterocycles. The van der Waals surface area contributed by atoms with E-state index in [0.717, 1.165) is 16.9 Å². The number of ether oxygens (including phenoxy) is 1. The number of nitrogen functional groups attached to an aromatic ring is 1. The zero-order valence-corrected chi connectivity index (χ0v) is 18.1. The highest BCUT2D eigenvalue weighted by Crippen LogP contribution is 2.28. The van der Waals surface area contributed by atoms with Gasteiger partial charge in [0.1, 0.15) is 18.1 Å². The van der Waals surface area contributed by atoms with Crippen molar-refractivity contribution in [1.29, 1.82) is 0 Å². The largest absolute Gasteiger partial charge is 0.486 e. The number of para-hydroxylation sites is 1. The molecular formula is C23H17ClF3N5O2. The van der Waals surface area contributed by atoms with Gasteiger partial charge in [-0.2, -0.15) is 5.10 Å². The van der Waals surface area contributed by atoms with Gasteiger partial charge in [0, 0.05) is 23.5 Å². The average Bonchev–Trinajstić information content (AvgIpc) is 3.27. The molecule has 2 aromatic heterocycles. The molecule has 7 nitrogen and oxygen atoms in total. The number of nitrogens with zero attached hydrogens (tertiary/aromatic N) is 3. The van der Waals surface area contributed by atoms with Crippen LogP contribution >= 0.6 is 11.6 Å². The Hall–Kier alpha value is -4.05. The van der Waals surface area contributed by atoms with E-state index in [4.69, 9.17) is 22.1 Å². The molecule has 34 heavy (non-hydrogen) atoms. The van der Waals surface area contributed by atoms with Gasteiger partial charge in [-0.1, -0.05) is 29.8 Å². The first-order valence-electron chi connectivity index (χ1n) is 9.89. The zero-order chi connectivity index (χ0) is 24.2. The standard InChI is InChI=1S/C23H17ClF3N5O2/c24-19-13(8-9-29-22(19)28)12-34-18-7-6-14(10-17(18)25)31-23(33)16-11-30-32(20(16)21(26)27)15-4-2-1-3-5-15/h1-11,21H,12H2,(H2,28,29)(H,31,33). The number of hydrogen-bond donors (Lipinski definition) is 2. The molecular weight excluding hydrogens is 471 g/mol. The molecule has 0 saturated heterocycles. The number of aromatic nitrogens is 3. The number of benzene rings is 2. The Labute approximate surface area is 196 Å². The molecule has 0 bridgehead atoms. The van der Waals surface area contributed by atoms with E-state index in [2.05, 4.69) is 15.4 Å². The molecule has 0 aliphatic carbocycles. The van der Waals surface area contributed by atoms with Gasteiger partial charge < -0.3 is 15.8 Å². The molecule has 0 fully saturated rings. The molecule has 0 aliphatic rings. The van der Waals surface area contributed by atoms with Gasteiger partial charge in [-0.15, -0.1) is 0 Å². The summed E-state index contributed by atoms with van der Waals surface area (Å²) < 4.78 is 48.5. The third-order valence-electron chi connectivity index (χ3n) is 4.83. The number of pyridine rings is 1. The number of rotatable bonds is 7. The van der Waals surface area contributed by atoms with Crippen LogP contribution in [0, 0.1) is 5.82 Å². The predicted octanol–water partition coefficient (Wildman–Crippen LogP) is 5.41. The van der Waals surface area contributed by atoms with E-state index in [1.807, 2.05) is 0 Å². The second-order valence-corrected chi connectivity index (χ2v) is 7.43. The number of anilines is 2. The molecule has 0 atom stereocenters. The van der Waals surface area contributed by atoms with Crippen LogP contribution < -0.4 is 15.8 Å². The van der Waals surface area contributed by atoms with Gasteiger partial charge in [0.25, 0.3) is 12.3 Å². The highest BCUT2D eigenvalue weighted by Gasteiger charge is 2.25. The van der Waals surface area contributed by atoms with Crippen LogP contribution in [0.1, 0.15) is 28.0 Å². The molecule has 1 amide bonds. The lowest BCUT2D eigenvalue weighted by Gasteiger charge is -2.12. The number of alkyl halides is 2. The third-order valence-corrected chi connectivity index (χ3v) is 5.26. The van der Waals surface area contributed by atoms with Gasteiger partial charge in [0.2, 0.25) is 0 Å². The van der Waals surface area contributed by atoms with Gasteiger partial charge in [-0.05, 0) is 30.3 Å². The van der Waals surface area contributed by atoms with Crippen molar-refractivity contribution in [2.24, 2.45) is 0 Å². The lowest BCUT2D eigenvalue weighted by molar-refractivity contribution is 0.100. The number of hydrogen-bond acceptors (Lipinski definition) is 5. The summed E-state index contributed by atoms with van der Waals surface area (Å²) >= 11 is 6.05. The lowest BCUT2D eigenvalue weighted by atomic mass is 10.2. The number of amides is 1. The second kappa shape index (κ2) is 9.84. The number of halogens is 4. The zero-order valence-electron chi connectivity index (χ0n) is 17.4. The summed E-state index contributed by atoms with van der Waals surface area (Å²) in [5.74, 6) is -1.61. The fraction of sp³-hybridized carbons (Fsp3) is 0.0870. The maximum absolute atomic E-state index is 14.5. The van der Waals surface area contributed by atoms with Gasteiger partial charge >= 0.3 is 0 Å². The molecule has 0 saturated carbocycles. The molecule has 3 N–H and O–H groups in total. The van der Waals surface area contributed by atoms with Crippen molar-refractivity contribution in [3.05, 3.63) is 94.7 Å². The van der Waals surface area contributed by atoms with Gasteiger partial charge in [-0.3, -0.25) is 4.79 Å². The Kier molecular flexibility index (Phi) is 6.69. The fourth-order valence-electron chi connectivity index (χ4n) is 3.18. The van der Waals surface area contributed by atoms with Crippen LogP contribution in [0.25, 0.3) is 5.69 Å². The molecule has 4 aromatic rings. The average molecular weight is 488 g/mol. The van der Waals surface area contributed by atoms with Crippen LogP contribution in [0.2, 0.25) is 5.02 Å². The van der Waals surface area contributed by atoms with E-state index in [-0.39, 0.29) is 34.4 Å². The summed E-state index contributed by atoms with van der Waals surface area (Å²) in [5.41, 5.74) is 5.67. The van der Waals surface area contributed by atoms with Crippen molar-refractivity contribution >= 4 is 29.0 Å². The van der Waals surface area contributed by atoms with Crippen LogP contribution in [0.15, 0.2) is 67.0 Å². The number of nitrogens with two attached hydrogens (primary N) is 1. The van der Waals surface area contributed by atoms with Crippen LogP contribution in [-0.2, 0) is 6.61 Å². The van der Waals surface area contributed by atoms with Crippen molar-refractivity contribution in [1.82, 2.24) is 14.8 Å². The minimum absolute atomic E-state index is 0.0497. The smallest absolute Gasteiger partial charge is 0.281 e. The Morgan fingerprint density at radius 3 is 2.65 bits per heavy atom. The summed E-state index contributed by atoms with van der Waals surface area (Å²) in [6.45, 7) is -0.0649. The Morgan fingerprint density at radius 1 is 1.18 bits per heavy atom. The first-order chi connectivity index (χ1) is 16.3. The van der Waals surface area contributed by atoms with E-state index < -0.39 is 23.8 Å². The molecule has 174 valence electrons. The van der Waals surface area contributed by atoms with Crippen molar-refractivity contribution < 1.29 is 22.7 Å². The highest BCUT2D eigenvalue weighted by atomic mass is 35.5. The molecule has 0 unspecified atom stereocenters. The second-order valence-electron chi connectivity index (χ2n) is 7.05. The number of nitrogens with one attached hydrogen (secondary N) is 1. The van der Waals surface area contributed by atoms with Crippen molar-refractivity contribution in [2.75, 3.05) is 11.1 Å². The molecule has 0 spiro atoms. The first-order valence-corrected chi connectivity index (χ1v) is 10.3. The van der Waals surface area contributed by atoms with Gasteiger partial charge in [-0.25, -0.2) is 22.8 Å². The monoisotopic (exact) mass is 487 g/mol. The van der Waals surface area contributed by atoms with E-state index in [1.54, 1.807) is 36.4 Å². The molecule has 0 radical (unpaired) electrons. The first kappa shape index (κ1) is 23.1. The molecule has 2 aromatic carbocycles. The van der Waals surface area contributed by atoms with Crippen LogP contribution in [0.3, 0.4) is 0 Å². The van der Waals surface area contributed by atoms with Crippen LogP contribution in [-0.4, -0.2) is 20.7 Å². The van der Waals surface area contributed by atoms with E-state index in [1.165, 1.54) is 18.3 Å². The highest BCUT2D eigenvalue weighted by molar-refractivity contribution is 6.33. The normalized spacial score (nSPS) is 11.0. The summed E-state index contributed by atoms with van der Waals surface area (Å²) in [5, 5.41) is 6.54. The summed E-state index contributed by atoms with van der Waals surface area (Å²) in [6, 6.07) is 13.5. The quantitative estimate of drug-likeness (QED) is 0.363. The maximum Gasteiger partial charge on any atom is 0.281 e. The summed E-state index contributed by atoms with van der Waals surface area (Å²) in [4.78, 5) is 16.5. The predicted molar refractivity (Wildman–Crippen MR) is 121 cm³/mol. The van der Waals surface area contributed by atoms with Crippen molar-refractivity contribution in [2.45, 2.75) is 13.0 Å². The SMILES string of the molecule is Nc1nccc(COc2ccc(NC(=O)c3cnn(-c4ccccc4)c3C(F)F)cc2F)c1Cl. The summed E-state index contributed by atoms with van der Waals surface area (Å²) in [6.07, 6.45) is -0.477. The van der Waals surface area contributed by atoms with E-state index in [9.17, 15) is 18.0 Å². The Balaban J connectivity index is 1.50. The fourth-order valence-corrected chi connectivity index (χ4v) is 3.35. The van der Waals surface area contributed by atoms with E-state index >= 15 is 0 Å². The topological polar surface area (TPSA) is 95.1 Å².